The van der Waals surface area contributed by atoms with Crippen molar-refractivity contribution in [1.82, 2.24) is 5.73 Å². The molecule has 0 saturated carbocycles. The van der Waals surface area contributed by atoms with Crippen LogP contribution in [0.4, 0.5) is 0 Å². The molecule has 0 aliphatic rings. The molecule has 0 atom stereocenters. The fourth-order valence-electron chi connectivity index (χ4n) is 0.0495. The SMILES string of the molecule is [NH]C(=O)/C(Br)=C/Br. The van der Waals surface area contributed by atoms with Crippen molar-refractivity contribution < 1.29 is 4.79 Å². The number of carbonyl (C=O) groups is 1. The van der Waals surface area contributed by atoms with Gasteiger partial charge in [0, 0.05) is 4.99 Å². The van der Waals surface area contributed by atoms with Crippen molar-refractivity contribution in [1.29, 1.82) is 0 Å². The summed E-state index contributed by atoms with van der Waals surface area (Å²) < 4.78 is 0.229. The van der Waals surface area contributed by atoms with Crippen LogP contribution >= 0.6 is 31.9 Å². The summed E-state index contributed by atoms with van der Waals surface area (Å²) in [5, 5.41) is 0. The van der Waals surface area contributed by atoms with Gasteiger partial charge in [-0.3, -0.25) is 10.5 Å². The van der Waals surface area contributed by atoms with Gasteiger partial charge in [-0.1, -0.05) is 15.9 Å². The molecule has 0 aromatic carbocycles. The monoisotopic (exact) mass is 226 g/mol. The van der Waals surface area contributed by atoms with Crippen LogP contribution in [-0.4, -0.2) is 5.91 Å². The lowest BCUT2D eigenvalue weighted by molar-refractivity contribution is -0.114. The maximum Gasteiger partial charge on any atom is 0.277 e. The standard InChI is InChI=1S/C3H2Br2NO/c4-1-2(5)3(6)7/h1,6H/b2-1-. The molecule has 7 heavy (non-hydrogen) atoms. The largest absolute Gasteiger partial charge is 0.277 e. The van der Waals surface area contributed by atoms with Gasteiger partial charge in [0.25, 0.3) is 5.91 Å². The molecular weight excluding hydrogens is 226 g/mol. The van der Waals surface area contributed by atoms with Gasteiger partial charge in [-0.15, -0.1) is 0 Å². The summed E-state index contributed by atoms with van der Waals surface area (Å²) in [6.07, 6.45) is 0. The highest BCUT2D eigenvalue weighted by Crippen LogP contribution is 2.05. The van der Waals surface area contributed by atoms with Crippen LogP contribution in [-0.2, 0) is 4.79 Å². The van der Waals surface area contributed by atoms with Crippen LogP contribution in [0.2, 0.25) is 0 Å². The lowest BCUT2D eigenvalue weighted by atomic mass is 10.6. The number of rotatable bonds is 1. The number of hydrogen-bond donors (Lipinski definition) is 0. The Balaban J connectivity index is 3.82. The zero-order valence-corrected chi connectivity index (χ0v) is 6.41. The molecule has 4 heteroatoms. The molecule has 1 amide bonds. The fourth-order valence-corrected chi connectivity index (χ4v) is 0.257. The Morgan fingerprint density at radius 3 is 2.14 bits per heavy atom. The molecule has 1 N–H and O–H groups in total. The second kappa shape index (κ2) is 3.21. The van der Waals surface area contributed by atoms with Gasteiger partial charge in [-0.05, 0) is 15.9 Å². The van der Waals surface area contributed by atoms with Crippen LogP contribution < -0.4 is 5.73 Å². The Morgan fingerprint density at radius 1 is 1.71 bits per heavy atom. The smallest absolute Gasteiger partial charge is 0.267 e. The third-order valence-electron chi connectivity index (χ3n) is 0.313. The average Bonchev–Trinajstić information content (AvgIpc) is 1.65. The molecule has 0 aliphatic heterocycles. The van der Waals surface area contributed by atoms with Crippen molar-refractivity contribution in [3.63, 3.8) is 0 Å². The Labute approximate surface area is 58.0 Å². The Kier molecular flexibility index (Phi) is 3.29. The molecule has 2 nitrogen and oxygen atoms in total. The summed E-state index contributed by atoms with van der Waals surface area (Å²) in [5.41, 5.74) is 6.40. The van der Waals surface area contributed by atoms with E-state index in [0.29, 0.717) is 0 Å². The maximum absolute atomic E-state index is 9.90. The van der Waals surface area contributed by atoms with E-state index in [1.54, 1.807) is 0 Å². The number of carbonyl (C=O) groups excluding carboxylic acids is 1. The molecule has 0 bridgehead atoms. The van der Waals surface area contributed by atoms with Crippen LogP contribution in [0.3, 0.4) is 0 Å². The average molecular weight is 228 g/mol. The van der Waals surface area contributed by atoms with E-state index < -0.39 is 5.91 Å². The molecule has 0 aromatic heterocycles. The van der Waals surface area contributed by atoms with E-state index in [1.807, 2.05) is 0 Å². The van der Waals surface area contributed by atoms with Gasteiger partial charge >= 0.3 is 0 Å². The van der Waals surface area contributed by atoms with Gasteiger partial charge in [0.1, 0.15) is 0 Å². The lowest BCUT2D eigenvalue weighted by Crippen LogP contribution is -1.94. The second-order valence-electron chi connectivity index (χ2n) is 0.786. The summed E-state index contributed by atoms with van der Waals surface area (Å²) in [6.45, 7) is 0. The van der Waals surface area contributed by atoms with Gasteiger partial charge in [0.2, 0.25) is 0 Å². The molecule has 0 rings (SSSR count). The van der Waals surface area contributed by atoms with Crippen LogP contribution in [0.15, 0.2) is 9.47 Å². The molecule has 0 heterocycles. The second-order valence-corrected chi connectivity index (χ2v) is 2.10. The zero-order valence-electron chi connectivity index (χ0n) is 3.24. The molecule has 0 spiro atoms. The Bertz CT molecular complexity index is 110. The number of nitrogens with one attached hydrogen (secondary N) is 1. The first-order valence-corrected chi connectivity index (χ1v) is 3.11. The van der Waals surface area contributed by atoms with E-state index in [-0.39, 0.29) is 4.48 Å². The predicted octanol–water partition coefficient (Wildman–Crippen LogP) is 1.43. The summed E-state index contributed by atoms with van der Waals surface area (Å²) in [7, 11) is 0. The van der Waals surface area contributed by atoms with E-state index in [9.17, 15) is 4.79 Å². The first-order chi connectivity index (χ1) is 3.18. The number of hydrogen-bond acceptors (Lipinski definition) is 1. The van der Waals surface area contributed by atoms with E-state index >= 15 is 0 Å². The van der Waals surface area contributed by atoms with Crippen LogP contribution in [0, 0.1) is 0 Å². The highest BCUT2D eigenvalue weighted by Gasteiger charge is 1.95. The minimum atomic E-state index is -0.725. The van der Waals surface area contributed by atoms with Crippen molar-refractivity contribution in [2.75, 3.05) is 0 Å². The normalized spacial score (nSPS) is 11.4. The maximum atomic E-state index is 9.90. The molecule has 0 saturated heterocycles. The van der Waals surface area contributed by atoms with E-state index in [0.717, 1.165) is 0 Å². The molecule has 0 aliphatic carbocycles. The van der Waals surface area contributed by atoms with Gasteiger partial charge < -0.3 is 0 Å². The van der Waals surface area contributed by atoms with Gasteiger partial charge in [-0.25, -0.2) is 0 Å². The van der Waals surface area contributed by atoms with Crippen LogP contribution in [0.5, 0.6) is 0 Å². The summed E-state index contributed by atoms with van der Waals surface area (Å²) in [6, 6.07) is 0. The minimum Gasteiger partial charge on any atom is -0.267 e. The number of halogens is 2. The third-order valence-corrected chi connectivity index (χ3v) is 1.97. The van der Waals surface area contributed by atoms with Crippen LogP contribution in [0.1, 0.15) is 0 Å². The van der Waals surface area contributed by atoms with Crippen LogP contribution in [0.25, 0.3) is 0 Å². The summed E-state index contributed by atoms with van der Waals surface area (Å²) in [5.74, 6) is -0.725. The minimum absolute atomic E-state index is 0.229. The lowest BCUT2D eigenvalue weighted by Gasteiger charge is -1.80. The Morgan fingerprint density at radius 2 is 2.14 bits per heavy atom. The van der Waals surface area contributed by atoms with Gasteiger partial charge in [0.05, 0.1) is 4.48 Å². The summed E-state index contributed by atoms with van der Waals surface area (Å²) in [4.78, 5) is 11.2. The van der Waals surface area contributed by atoms with Gasteiger partial charge in [-0.2, -0.15) is 0 Å². The van der Waals surface area contributed by atoms with Crippen molar-refractivity contribution >= 4 is 37.8 Å². The third kappa shape index (κ3) is 2.82. The van der Waals surface area contributed by atoms with Gasteiger partial charge in [0.15, 0.2) is 0 Å². The fraction of sp³-hybridized carbons (Fsp3) is 0. The highest BCUT2D eigenvalue weighted by molar-refractivity contribution is 9.14. The predicted molar refractivity (Wildman–Crippen MR) is 34.0 cm³/mol. The van der Waals surface area contributed by atoms with E-state index in [4.69, 9.17) is 5.73 Å². The van der Waals surface area contributed by atoms with Crippen molar-refractivity contribution in [3.05, 3.63) is 9.47 Å². The number of amides is 1. The topological polar surface area (TPSA) is 40.9 Å². The molecule has 0 unspecified atom stereocenters. The summed E-state index contributed by atoms with van der Waals surface area (Å²) >= 11 is 5.68. The molecule has 39 valence electrons. The Hall–Kier alpha value is 0.170. The van der Waals surface area contributed by atoms with E-state index in [1.165, 1.54) is 4.99 Å². The highest BCUT2D eigenvalue weighted by atomic mass is 79.9. The van der Waals surface area contributed by atoms with E-state index in [2.05, 4.69) is 31.9 Å². The molecule has 1 radical (unpaired) electrons. The molecule has 0 aromatic rings. The molecular formula is C3H2Br2NO. The molecule has 0 fully saturated rings. The quantitative estimate of drug-likeness (QED) is 0.625. The zero-order chi connectivity index (χ0) is 5.86. The first-order valence-electron chi connectivity index (χ1n) is 1.40. The van der Waals surface area contributed by atoms with Crippen molar-refractivity contribution in [2.24, 2.45) is 0 Å². The van der Waals surface area contributed by atoms with Crippen molar-refractivity contribution in [2.45, 2.75) is 0 Å². The van der Waals surface area contributed by atoms with Crippen molar-refractivity contribution in [3.8, 4) is 0 Å². The first kappa shape index (κ1) is 7.17.